The third-order valence-electron chi connectivity index (χ3n) is 1.90. The molecule has 0 spiro atoms. The molecule has 4 N–H and O–H groups in total. The van der Waals surface area contributed by atoms with Gasteiger partial charge < -0.3 is 15.7 Å². The first-order valence-electron chi connectivity index (χ1n) is 4.52. The fourth-order valence-corrected chi connectivity index (χ4v) is 1.97. The Hall–Kier alpha value is -0.0700. The number of thiol groups is 1. The van der Waals surface area contributed by atoms with Crippen molar-refractivity contribution >= 4 is 26.5 Å². The summed E-state index contributed by atoms with van der Waals surface area (Å²) < 4.78 is 15.0. The molecule has 0 aliphatic carbocycles. The second-order valence-electron chi connectivity index (χ2n) is 3.24. The topological polar surface area (TPSA) is 110 Å². The maximum Gasteiger partial charge on any atom is 0.338 e. The van der Waals surface area contributed by atoms with Gasteiger partial charge in [0.05, 0.1) is 6.16 Å². The summed E-state index contributed by atoms with van der Waals surface area (Å²) in [5.74, 6) is -1.03. The Morgan fingerprint density at radius 2 is 2.07 bits per heavy atom. The molecule has 0 radical (unpaired) electrons. The molecule has 90 valence electrons. The number of nitrogens with two attached hydrogens (primary N) is 1. The largest absolute Gasteiger partial charge is 0.480 e. The van der Waals surface area contributed by atoms with Gasteiger partial charge in [0.1, 0.15) is 6.04 Å². The Labute approximate surface area is 94.0 Å². The molecule has 6 nitrogen and oxygen atoms in total. The molecule has 0 bridgehead atoms. The normalized spacial score (nSPS) is 17.0. The quantitative estimate of drug-likeness (QED) is 0.223. The molecule has 0 rings (SSSR count). The van der Waals surface area contributed by atoms with Crippen molar-refractivity contribution in [3.8, 4) is 0 Å². The SMILES string of the molecule is NC(CCCCCP(=O)(O)OS)C(=O)O. The lowest BCUT2D eigenvalue weighted by atomic mass is 10.1. The van der Waals surface area contributed by atoms with Gasteiger partial charge >= 0.3 is 13.6 Å². The third kappa shape index (κ3) is 7.81. The van der Waals surface area contributed by atoms with E-state index in [1.54, 1.807) is 0 Å². The predicted octanol–water partition coefficient (Wildman–Crippen LogP) is 1.01. The molecule has 8 heteroatoms. The first-order chi connectivity index (χ1) is 6.89. The Bertz CT molecular complexity index is 250. The van der Waals surface area contributed by atoms with Gasteiger partial charge in [-0.3, -0.25) is 9.36 Å². The van der Waals surface area contributed by atoms with Gasteiger partial charge in [-0.2, -0.15) is 0 Å². The van der Waals surface area contributed by atoms with Gasteiger partial charge in [-0.1, -0.05) is 12.8 Å². The van der Waals surface area contributed by atoms with Crippen LogP contribution in [0.15, 0.2) is 0 Å². The van der Waals surface area contributed by atoms with Crippen LogP contribution in [0.3, 0.4) is 0 Å². The van der Waals surface area contributed by atoms with E-state index < -0.39 is 19.6 Å². The number of rotatable bonds is 8. The molecule has 0 aromatic rings. The zero-order valence-corrected chi connectivity index (χ0v) is 9.99. The molecule has 0 amide bonds. The number of hydrogen-bond donors (Lipinski definition) is 4. The molecule has 2 unspecified atom stereocenters. The molecule has 0 saturated heterocycles. The highest BCUT2D eigenvalue weighted by Crippen LogP contribution is 2.43. The molecule has 0 heterocycles. The standard InChI is InChI=1S/C7H16NO5PS/c8-6(7(9)10)4-2-1-3-5-14(11,12)13-15/h6,15H,1-5,8H2,(H,9,10)(H,11,12). The maximum atomic E-state index is 10.9. The number of carboxylic acid groups (broad SMARTS) is 1. The van der Waals surface area contributed by atoms with E-state index in [2.05, 4.69) is 16.9 Å². The Morgan fingerprint density at radius 1 is 1.47 bits per heavy atom. The molecule has 0 aliphatic rings. The number of hydrogen-bond acceptors (Lipinski definition) is 5. The minimum atomic E-state index is -3.54. The van der Waals surface area contributed by atoms with Crippen molar-refractivity contribution in [3.63, 3.8) is 0 Å². The van der Waals surface area contributed by atoms with E-state index in [9.17, 15) is 9.36 Å². The van der Waals surface area contributed by atoms with Crippen LogP contribution < -0.4 is 5.73 Å². The second-order valence-corrected chi connectivity index (χ2v) is 5.61. The highest BCUT2D eigenvalue weighted by atomic mass is 32.1. The Balaban J connectivity index is 3.48. The van der Waals surface area contributed by atoms with Crippen LogP contribution in [0, 0.1) is 0 Å². The van der Waals surface area contributed by atoms with Crippen LogP contribution in [-0.2, 0) is 13.3 Å². The van der Waals surface area contributed by atoms with Crippen LogP contribution in [-0.4, -0.2) is 28.2 Å². The van der Waals surface area contributed by atoms with Crippen molar-refractivity contribution < 1.29 is 23.3 Å². The van der Waals surface area contributed by atoms with E-state index in [4.69, 9.17) is 15.7 Å². The molecule has 15 heavy (non-hydrogen) atoms. The van der Waals surface area contributed by atoms with E-state index in [0.717, 1.165) is 0 Å². The van der Waals surface area contributed by atoms with E-state index in [0.29, 0.717) is 25.7 Å². The highest BCUT2D eigenvalue weighted by molar-refractivity contribution is 7.81. The van der Waals surface area contributed by atoms with Gasteiger partial charge in [0, 0.05) is 0 Å². The summed E-state index contributed by atoms with van der Waals surface area (Å²) in [6.45, 7) is 0. The van der Waals surface area contributed by atoms with Crippen LogP contribution in [0.1, 0.15) is 25.7 Å². The van der Waals surface area contributed by atoms with Gasteiger partial charge in [0.2, 0.25) is 0 Å². The molecule has 2 atom stereocenters. The van der Waals surface area contributed by atoms with E-state index in [-0.39, 0.29) is 6.16 Å². The van der Waals surface area contributed by atoms with E-state index in [1.165, 1.54) is 0 Å². The molecule has 0 aliphatic heterocycles. The average Bonchev–Trinajstić information content (AvgIpc) is 2.16. The number of unbranched alkanes of at least 4 members (excludes halogenated alkanes) is 2. The first kappa shape index (κ1) is 14.9. The average molecular weight is 257 g/mol. The van der Waals surface area contributed by atoms with Crippen molar-refractivity contribution in [1.82, 2.24) is 0 Å². The first-order valence-corrected chi connectivity index (χ1v) is 6.65. The van der Waals surface area contributed by atoms with Crippen LogP contribution in [0.4, 0.5) is 0 Å². The molecule has 0 aromatic carbocycles. The maximum absolute atomic E-state index is 10.9. The van der Waals surface area contributed by atoms with Gasteiger partial charge in [-0.15, -0.1) is 0 Å². The summed E-state index contributed by atoms with van der Waals surface area (Å²) in [6, 6.07) is -0.855. The predicted molar refractivity (Wildman–Crippen MR) is 58.8 cm³/mol. The van der Waals surface area contributed by atoms with Crippen LogP contribution in [0.5, 0.6) is 0 Å². The molecule has 0 aromatic heterocycles. The smallest absolute Gasteiger partial charge is 0.338 e. The van der Waals surface area contributed by atoms with Crippen LogP contribution in [0.25, 0.3) is 0 Å². The van der Waals surface area contributed by atoms with Gasteiger partial charge in [0.25, 0.3) is 0 Å². The van der Waals surface area contributed by atoms with Crippen LogP contribution in [0.2, 0.25) is 0 Å². The minimum Gasteiger partial charge on any atom is -0.480 e. The Morgan fingerprint density at radius 3 is 2.53 bits per heavy atom. The minimum absolute atomic E-state index is 0.0266. The zero-order chi connectivity index (χ0) is 11.9. The molecular weight excluding hydrogens is 241 g/mol. The van der Waals surface area contributed by atoms with Crippen molar-refractivity contribution in [1.29, 1.82) is 0 Å². The van der Waals surface area contributed by atoms with Crippen molar-refractivity contribution in [2.45, 2.75) is 31.7 Å². The van der Waals surface area contributed by atoms with Gasteiger partial charge in [0.15, 0.2) is 0 Å². The van der Waals surface area contributed by atoms with E-state index in [1.807, 2.05) is 0 Å². The summed E-state index contributed by atoms with van der Waals surface area (Å²) in [6.07, 6.45) is 2.13. The summed E-state index contributed by atoms with van der Waals surface area (Å²) in [4.78, 5) is 19.3. The highest BCUT2D eigenvalue weighted by Gasteiger charge is 2.17. The number of carbonyl (C=O) groups is 1. The lowest BCUT2D eigenvalue weighted by molar-refractivity contribution is -0.138. The van der Waals surface area contributed by atoms with Crippen molar-refractivity contribution in [2.75, 3.05) is 6.16 Å². The Kier molecular flexibility index (Phi) is 7.21. The second kappa shape index (κ2) is 7.24. The summed E-state index contributed by atoms with van der Waals surface area (Å²) in [7, 11) is -3.54. The zero-order valence-electron chi connectivity index (χ0n) is 8.20. The fraction of sp³-hybridized carbons (Fsp3) is 0.857. The van der Waals surface area contributed by atoms with E-state index >= 15 is 0 Å². The fourth-order valence-electron chi connectivity index (χ4n) is 1.02. The van der Waals surface area contributed by atoms with Crippen LogP contribution >= 0.6 is 20.5 Å². The molecule has 0 saturated carbocycles. The lowest BCUT2D eigenvalue weighted by Gasteiger charge is -2.08. The van der Waals surface area contributed by atoms with Crippen molar-refractivity contribution in [3.05, 3.63) is 0 Å². The summed E-state index contributed by atoms with van der Waals surface area (Å²) >= 11 is 3.27. The summed E-state index contributed by atoms with van der Waals surface area (Å²) in [5, 5.41) is 8.47. The van der Waals surface area contributed by atoms with Crippen molar-refractivity contribution in [2.24, 2.45) is 5.73 Å². The molecule has 0 fully saturated rings. The summed E-state index contributed by atoms with van der Waals surface area (Å²) in [5.41, 5.74) is 5.27. The van der Waals surface area contributed by atoms with Gasteiger partial charge in [-0.05, 0) is 25.8 Å². The lowest BCUT2D eigenvalue weighted by Crippen LogP contribution is -2.29. The monoisotopic (exact) mass is 257 g/mol. The third-order valence-corrected chi connectivity index (χ3v) is 3.80. The molecular formula is C7H16NO5PS. The van der Waals surface area contributed by atoms with Gasteiger partial charge in [-0.25, -0.2) is 3.97 Å². The number of carboxylic acids is 1. The number of aliphatic carboxylic acids is 1.